The molecule has 28 heavy (non-hydrogen) atoms. The SMILES string of the molecule is CC(C)=CCCCC1CCC2C1(C)CCC1C3CCCC(C)(C)C3CCC12C. The summed E-state index contributed by atoms with van der Waals surface area (Å²) < 4.78 is 0. The third-order valence-electron chi connectivity index (χ3n) is 10.9. The Morgan fingerprint density at radius 1 is 0.821 bits per heavy atom. The monoisotopic (exact) mass is 384 g/mol. The normalized spacial score (nSPS) is 47.0. The number of unbranched alkanes of at least 4 members (excludes halogenated alkanes) is 1. The Labute approximate surface area is 176 Å². The first kappa shape index (κ1) is 21.0. The minimum Gasteiger partial charge on any atom is -0.0859 e. The molecule has 4 aliphatic carbocycles. The van der Waals surface area contributed by atoms with Crippen LogP contribution >= 0.6 is 0 Å². The Kier molecular flexibility index (Phi) is 5.59. The first-order chi connectivity index (χ1) is 13.2. The largest absolute Gasteiger partial charge is 0.0859 e. The number of hydrogen-bond donors (Lipinski definition) is 0. The maximum Gasteiger partial charge on any atom is -0.0261 e. The number of fused-ring (bicyclic) bond motifs is 5. The van der Waals surface area contributed by atoms with Gasteiger partial charge >= 0.3 is 0 Å². The van der Waals surface area contributed by atoms with Gasteiger partial charge in [0.1, 0.15) is 0 Å². The lowest BCUT2D eigenvalue weighted by Crippen LogP contribution is -2.56. The molecule has 0 nitrogen and oxygen atoms in total. The molecule has 0 spiro atoms. The van der Waals surface area contributed by atoms with Crippen molar-refractivity contribution < 1.29 is 0 Å². The molecule has 0 aromatic rings. The zero-order chi connectivity index (χ0) is 20.2. The zero-order valence-electron chi connectivity index (χ0n) is 19.9. The molecule has 4 fully saturated rings. The van der Waals surface area contributed by atoms with Crippen LogP contribution in [0.3, 0.4) is 0 Å². The second-order valence-corrected chi connectivity index (χ2v) is 12.9. The second-order valence-electron chi connectivity index (χ2n) is 12.9. The summed E-state index contributed by atoms with van der Waals surface area (Å²) >= 11 is 0. The Morgan fingerprint density at radius 2 is 1.54 bits per heavy atom. The van der Waals surface area contributed by atoms with Gasteiger partial charge in [0, 0.05) is 0 Å². The topological polar surface area (TPSA) is 0 Å². The minimum atomic E-state index is 0.605. The first-order valence-corrected chi connectivity index (χ1v) is 12.8. The van der Waals surface area contributed by atoms with E-state index in [9.17, 15) is 0 Å². The van der Waals surface area contributed by atoms with Crippen LogP contribution in [0, 0.1) is 45.8 Å². The quantitative estimate of drug-likeness (QED) is 0.335. The fraction of sp³-hybridized carbons (Fsp3) is 0.929. The highest BCUT2D eigenvalue weighted by Gasteiger charge is 2.62. The van der Waals surface area contributed by atoms with Crippen molar-refractivity contribution in [2.75, 3.05) is 0 Å². The van der Waals surface area contributed by atoms with E-state index in [1.165, 1.54) is 69.8 Å². The van der Waals surface area contributed by atoms with E-state index in [-0.39, 0.29) is 0 Å². The van der Waals surface area contributed by atoms with Gasteiger partial charge < -0.3 is 0 Å². The molecule has 4 rings (SSSR count). The van der Waals surface area contributed by atoms with E-state index in [4.69, 9.17) is 0 Å². The summed E-state index contributed by atoms with van der Waals surface area (Å²) in [6.07, 6.45) is 20.4. The molecule has 0 radical (unpaired) electrons. The van der Waals surface area contributed by atoms with Gasteiger partial charge in [-0.25, -0.2) is 0 Å². The highest BCUT2D eigenvalue weighted by atomic mass is 14.7. The van der Waals surface area contributed by atoms with Gasteiger partial charge in [0.2, 0.25) is 0 Å². The molecule has 7 atom stereocenters. The number of hydrogen-bond acceptors (Lipinski definition) is 0. The summed E-state index contributed by atoms with van der Waals surface area (Å²) in [6, 6.07) is 0. The summed E-state index contributed by atoms with van der Waals surface area (Å²) in [5.74, 6) is 5.11. The molecule has 0 aromatic heterocycles. The molecule has 4 aliphatic rings. The van der Waals surface area contributed by atoms with Crippen LogP contribution in [0.2, 0.25) is 0 Å². The average Bonchev–Trinajstić information content (AvgIpc) is 2.95. The zero-order valence-corrected chi connectivity index (χ0v) is 19.9. The molecule has 0 heterocycles. The first-order valence-electron chi connectivity index (χ1n) is 12.8. The molecule has 0 amide bonds. The van der Waals surface area contributed by atoms with Gasteiger partial charge in [-0.2, -0.15) is 0 Å². The maximum absolute atomic E-state index is 2.77. The molecular weight excluding hydrogens is 336 g/mol. The highest BCUT2D eigenvalue weighted by Crippen LogP contribution is 2.71. The highest BCUT2D eigenvalue weighted by molar-refractivity contribution is 5.12. The van der Waals surface area contributed by atoms with Gasteiger partial charge in [-0.15, -0.1) is 0 Å². The summed E-state index contributed by atoms with van der Waals surface area (Å²) in [5, 5.41) is 0. The Morgan fingerprint density at radius 3 is 2.29 bits per heavy atom. The van der Waals surface area contributed by atoms with Crippen molar-refractivity contribution in [2.45, 2.75) is 119 Å². The standard InChI is InChI=1S/C28H48/c1-20(2)10-7-8-11-21-13-14-25-27(21,5)18-16-24-22-12-9-17-26(3,4)23(22)15-19-28(24,25)6/h10,21-25H,7-9,11-19H2,1-6H3. The minimum absolute atomic E-state index is 0.605. The third-order valence-corrected chi connectivity index (χ3v) is 10.9. The predicted octanol–water partition coefficient (Wildman–Crippen LogP) is 8.81. The van der Waals surface area contributed by atoms with Gasteiger partial charge in [0.15, 0.2) is 0 Å². The molecule has 0 N–H and O–H groups in total. The van der Waals surface area contributed by atoms with Gasteiger partial charge in [-0.3, -0.25) is 0 Å². The molecule has 0 aliphatic heterocycles. The molecule has 160 valence electrons. The Bertz CT molecular complexity index is 593. The molecule has 0 aromatic carbocycles. The van der Waals surface area contributed by atoms with E-state index < -0.39 is 0 Å². The molecule has 7 unspecified atom stereocenters. The maximum atomic E-state index is 2.77. The van der Waals surface area contributed by atoms with Crippen molar-refractivity contribution in [1.29, 1.82) is 0 Å². The molecule has 4 saturated carbocycles. The van der Waals surface area contributed by atoms with E-state index in [1.807, 2.05) is 0 Å². The van der Waals surface area contributed by atoms with E-state index in [1.54, 1.807) is 12.8 Å². The van der Waals surface area contributed by atoms with Crippen molar-refractivity contribution in [3.63, 3.8) is 0 Å². The van der Waals surface area contributed by atoms with Crippen molar-refractivity contribution in [1.82, 2.24) is 0 Å². The summed E-state index contributed by atoms with van der Waals surface area (Å²) in [5.41, 5.74) is 3.40. The van der Waals surface area contributed by atoms with Crippen LogP contribution in [0.4, 0.5) is 0 Å². The summed E-state index contributed by atoms with van der Waals surface area (Å²) in [6.45, 7) is 15.2. The van der Waals surface area contributed by atoms with Gasteiger partial charge in [-0.1, -0.05) is 45.8 Å². The van der Waals surface area contributed by atoms with Crippen LogP contribution in [-0.4, -0.2) is 0 Å². The molecular formula is C28H48. The van der Waals surface area contributed by atoms with E-state index in [0.717, 1.165) is 29.6 Å². The summed E-state index contributed by atoms with van der Waals surface area (Å²) in [4.78, 5) is 0. The predicted molar refractivity (Wildman–Crippen MR) is 122 cm³/mol. The van der Waals surface area contributed by atoms with Crippen LogP contribution in [-0.2, 0) is 0 Å². The third kappa shape index (κ3) is 3.33. The number of allylic oxidation sites excluding steroid dienone is 2. The van der Waals surface area contributed by atoms with E-state index >= 15 is 0 Å². The fourth-order valence-electron chi connectivity index (χ4n) is 9.43. The van der Waals surface area contributed by atoms with Crippen molar-refractivity contribution in [2.24, 2.45) is 45.8 Å². The Hall–Kier alpha value is -0.260. The van der Waals surface area contributed by atoms with Crippen LogP contribution < -0.4 is 0 Å². The smallest absolute Gasteiger partial charge is 0.0261 e. The van der Waals surface area contributed by atoms with Crippen molar-refractivity contribution >= 4 is 0 Å². The molecule has 0 heteroatoms. The van der Waals surface area contributed by atoms with Crippen LogP contribution in [0.25, 0.3) is 0 Å². The van der Waals surface area contributed by atoms with Gasteiger partial charge in [-0.05, 0) is 130 Å². The summed E-state index contributed by atoms with van der Waals surface area (Å²) in [7, 11) is 0. The average molecular weight is 385 g/mol. The lowest BCUT2D eigenvalue weighted by molar-refractivity contribution is -0.145. The van der Waals surface area contributed by atoms with Crippen molar-refractivity contribution in [3.05, 3.63) is 11.6 Å². The van der Waals surface area contributed by atoms with Crippen LogP contribution in [0.5, 0.6) is 0 Å². The van der Waals surface area contributed by atoms with E-state index in [0.29, 0.717) is 16.2 Å². The van der Waals surface area contributed by atoms with E-state index in [2.05, 4.69) is 47.6 Å². The van der Waals surface area contributed by atoms with Crippen LogP contribution in [0.1, 0.15) is 119 Å². The van der Waals surface area contributed by atoms with Gasteiger partial charge in [0.05, 0.1) is 0 Å². The van der Waals surface area contributed by atoms with Crippen molar-refractivity contribution in [3.8, 4) is 0 Å². The molecule has 0 saturated heterocycles. The molecule has 0 bridgehead atoms. The lowest BCUT2D eigenvalue weighted by atomic mass is 9.41. The fourth-order valence-corrected chi connectivity index (χ4v) is 9.43. The lowest BCUT2D eigenvalue weighted by Gasteiger charge is -2.63. The van der Waals surface area contributed by atoms with Crippen LogP contribution in [0.15, 0.2) is 11.6 Å². The Balaban J connectivity index is 1.49. The number of rotatable bonds is 4. The second kappa shape index (κ2) is 7.46. The van der Waals surface area contributed by atoms with Gasteiger partial charge in [0.25, 0.3) is 0 Å².